The predicted octanol–water partition coefficient (Wildman–Crippen LogP) is 1.82. The summed E-state index contributed by atoms with van der Waals surface area (Å²) in [4.78, 5) is 14.5. The average Bonchev–Trinajstić information content (AvgIpc) is 2.58. The molecule has 0 aliphatic heterocycles. The Morgan fingerprint density at radius 2 is 2.24 bits per heavy atom. The lowest BCUT2D eigenvalue weighted by atomic mass is 10.3. The van der Waals surface area contributed by atoms with Gasteiger partial charge in [0.2, 0.25) is 0 Å². The van der Waals surface area contributed by atoms with E-state index in [-0.39, 0.29) is 6.42 Å². The minimum absolute atomic E-state index is 0.0165. The second kappa shape index (κ2) is 5.97. The van der Waals surface area contributed by atoms with Crippen LogP contribution in [0.2, 0.25) is 25.7 Å². The van der Waals surface area contributed by atoms with Gasteiger partial charge in [0, 0.05) is 20.9 Å². The highest BCUT2D eigenvalue weighted by molar-refractivity contribution is 6.76. The van der Waals surface area contributed by atoms with Crippen molar-refractivity contribution >= 4 is 14.0 Å². The van der Waals surface area contributed by atoms with Crippen molar-refractivity contribution in [1.29, 1.82) is 0 Å². The third kappa shape index (κ3) is 5.65. The standard InChI is InChI=1S/C11H20N2O3Si/c1-17(2,3)5-4-16-9-13-8-12-7-10(13)6-11(14)15/h7-8H,4-6,9H2,1-3H3,(H,14,15). The van der Waals surface area contributed by atoms with E-state index < -0.39 is 14.0 Å². The van der Waals surface area contributed by atoms with Crippen LogP contribution < -0.4 is 0 Å². The van der Waals surface area contributed by atoms with Gasteiger partial charge in [0.1, 0.15) is 6.73 Å². The summed E-state index contributed by atoms with van der Waals surface area (Å²) in [5, 5.41) is 8.71. The number of carboxylic acid groups (broad SMARTS) is 1. The molecule has 96 valence electrons. The summed E-state index contributed by atoms with van der Waals surface area (Å²) in [7, 11) is -1.06. The third-order valence-corrected chi connectivity index (χ3v) is 4.06. The minimum atomic E-state index is -1.06. The van der Waals surface area contributed by atoms with Crippen LogP contribution in [0.5, 0.6) is 0 Å². The Balaban J connectivity index is 2.36. The molecule has 0 saturated heterocycles. The van der Waals surface area contributed by atoms with E-state index in [0.717, 1.165) is 12.7 Å². The zero-order chi connectivity index (χ0) is 12.9. The molecule has 0 aliphatic rings. The van der Waals surface area contributed by atoms with Crippen molar-refractivity contribution in [3.63, 3.8) is 0 Å². The first-order valence-electron chi connectivity index (χ1n) is 5.67. The molecule has 0 radical (unpaired) electrons. The summed E-state index contributed by atoms with van der Waals surface area (Å²) in [5.74, 6) is -0.853. The van der Waals surface area contributed by atoms with Crippen molar-refractivity contribution in [2.24, 2.45) is 0 Å². The second-order valence-corrected chi connectivity index (χ2v) is 10.9. The lowest BCUT2D eigenvalue weighted by molar-refractivity contribution is -0.136. The second-order valence-electron chi connectivity index (χ2n) is 5.27. The molecule has 0 saturated carbocycles. The number of aliphatic carboxylic acids is 1. The largest absolute Gasteiger partial charge is 0.481 e. The van der Waals surface area contributed by atoms with Crippen LogP contribution >= 0.6 is 0 Å². The Kier molecular flexibility index (Phi) is 4.89. The van der Waals surface area contributed by atoms with E-state index >= 15 is 0 Å². The minimum Gasteiger partial charge on any atom is -0.481 e. The van der Waals surface area contributed by atoms with E-state index in [1.807, 2.05) is 0 Å². The van der Waals surface area contributed by atoms with E-state index in [2.05, 4.69) is 24.6 Å². The van der Waals surface area contributed by atoms with Crippen molar-refractivity contribution in [2.75, 3.05) is 6.61 Å². The van der Waals surface area contributed by atoms with Crippen LogP contribution in [0.4, 0.5) is 0 Å². The van der Waals surface area contributed by atoms with Crippen molar-refractivity contribution in [3.8, 4) is 0 Å². The molecule has 0 spiro atoms. The number of carbonyl (C=O) groups is 1. The van der Waals surface area contributed by atoms with Crippen LogP contribution in [0.15, 0.2) is 12.5 Å². The zero-order valence-corrected chi connectivity index (χ0v) is 11.6. The summed E-state index contributed by atoms with van der Waals surface area (Å²) >= 11 is 0. The summed E-state index contributed by atoms with van der Waals surface area (Å²) in [5.41, 5.74) is 0.672. The number of imidazole rings is 1. The molecule has 5 nitrogen and oxygen atoms in total. The molecule has 1 heterocycles. The van der Waals surface area contributed by atoms with E-state index in [4.69, 9.17) is 9.84 Å². The first-order chi connectivity index (χ1) is 7.88. The van der Waals surface area contributed by atoms with Gasteiger partial charge in [-0.25, -0.2) is 4.98 Å². The van der Waals surface area contributed by atoms with Crippen LogP contribution in [0.25, 0.3) is 0 Å². The van der Waals surface area contributed by atoms with E-state index in [1.165, 1.54) is 0 Å². The third-order valence-electron chi connectivity index (χ3n) is 2.36. The lowest BCUT2D eigenvalue weighted by Crippen LogP contribution is -2.22. The van der Waals surface area contributed by atoms with Crippen LogP contribution in [0, 0.1) is 0 Å². The molecule has 0 aromatic carbocycles. The highest BCUT2D eigenvalue weighted by Gasteiger charge is 2.12. The van der Waals surface area contributed by atoms with Crippen LogP contribution in [-0.4, -0.2) is 35.3 Å². The van der Waals surface area contributed by atoms with Gasteiger partial charge in [-0.3, -0.25) is 4.79 Å². The van der Waals surface area contributed by atoms with Gasteiger partial charge < -0.3 is 14.4 Å². The Bertz CT molecular complexity index is 371. The Morgan fingerprint density at radius 1 is 1.53 bits per heavy atom. The molecule has 0 aliphatic carbocycles. The highest BCUT2D eigenvalue weighted by Crippen LogP contribution is 2.08. The normalized spacial score (nSPS) is 11.7. The van der Waals surface area contributed by atoms with Gasteiger partial charge >= 0.3 is 5.97 Å². The van der Waals surface area contributed by atoms with Crippen molar-refractivity contribution in [2.45, 2.75) is 38.8 Å². The Labute approximate surface area is 102 Å². The molecule has 0 amide bonds. The summed E-state index contributed by atoms with van der Waals surface area (Å²) in [6.07, 6.45) is 3.15. The first kappa shape index (κ1) is 13.9. The monoisotopic (exact) mass is 256 g/mol. The highest BCUT2D eigenvalue weighted by atomic mass is 28.3. The number of rotatable bonds is 7. The number of hydrogen-bond donors (Lipinski definition) is 1. The fourth-order valence-corrected chi connectivity index (χ4v) is 2.06. The molecule has 0 bridgehead atoms. The smallest absolute Gasteiger partial charge is 0.309 e. The van der Waals surface area contributed by atoms with E-state index in [0.29, 0.717) is 12.4 Å². The summed E-state index contributed by atoms with van der Waals surface area (Å²) in [6.45, 7) is 7.99. The number of carboxylic acids is 1. The van der Waals surface area contributed by atoms with Gasteiger partial charge in [-0.2, -0.15) is 0 Å². The van der Waals surface area contributed by atoms with Crippen molar-refractivity contribution in [3.05, 3.63) is 18.2 Å². The van der Waals surface area contributed by atoms with Crippen LogP contribution in [-0.2, 0) is 22.7 Å². The maximum absolute atomic E-state index is 10.6. The fraction of sp³-hybridized carbons (Fsp3) is 0.636. The molecule has 6 heteroatoms. The predicted molar refractivity (Wildman–Crippen MR) is 67.7 cm³/mol. The lowest BCUT2D eigenvalue weighted by Gasteiger charge is -2.15. The van der Waals surface area contributed by atoms with Gasteiger partial charge in [-0.1, -0.05) is 19.6 Å². The number of ether oxygens (including phenoxy) is 1. The molecular formula is C11H20N2O3Si. The summed E-state index contributed by atoms with van der Waals surface area (Å²) < 4.78 is 7.28. The average molecular weight is 256 g/mol. The van der Waals surface area contributed by atoms with Crippen molar-refractivity contribution in [1.82, 2.24) is 9.55 Å². The summed E-state index contributed by atoms with van der Waals surface area (Å²) in [6, 6.07) is 1.11. The van der Waals surface area contributed by atoms with E-state index in [9.17, 15) is 4.79 Å². The van der Waals surface area contributed by atoms with E-state index in [1.54, 1.807) is 17.1 Å². The molecular weight excluding hydrogens is 236 g/mol. The van der Waals surface area contributed by atoms with Gasteiger partial charge in [-0.05, 0) is 6.04 Å². The van der Waals surface area contributed by atoms with Gasteiger partial charge in [0.05, 0.1) is 18.4 Å². The maximum atomic E-state index is 10.6. The molecule has 17 heavy (non-hydrogen) atoms. The van der Waals surface area contributed by atoms with Crippen LogP contribution in [0.1, 0.15) is 5.69 Å². The zero-order valence-electron chi connectivity index (χ0n) is 10.6. The van der Waals surface area contributed by atoms with Crippen molar-refractivity contribution < 1.29 is 14.6 Å². The van der Waals surface area contributed by atoms with Gasteiger partial charge in [0.15, 0.2) is 0 Å². The number of hydrogen-bond acceptors (Lipinski definition) is 3. The molecule has 1 N–H and O–H groups in total. The molecule has 1 rings (SSSR count). The fourth-order valence-electron chi connectivity index (χ4n) is 1.31. The maximum Gasteiger partial charge on any atom is 0.309 e. The SMILES string of the molecule is C[Si](C)(C)CCOCn1cncc1CC(=O)O. The van der Waals surface area contributed by atoms with Gasteiger partial charge in [-0.15, -0.1) is 0 Å². The Hall–Kier alpha value is -1.14. The van der Waals surface area contributed by atoms with Gasteiger partial charge in [0.25, 0.3) is 0 Å². The molecule has 0 fully saturated rings. The number of nitrogens with zero attached hydrogens (tertiary/aromatic N) is 2. The molecule has 1 aromatic heterocycles. The quantitative estimate of drug-likeness (QED) is 0.597. The Morgan fingerprint density at radius 3 is 2.82 bits per heavy atom. The van der Waals surface area contributed by atoms with Crippen LogP contribution in [0.3, 0.4) is 0 Å². The molecule has 0 unspecified atom stereocenters. The topological polar surface area (TPSA) is 64.4 Å². The first-order valence-corrected chi connectivity index (χ1v) is 9.38. The molecule has 0 atom stereocenters. The number of aromatic nitrogens is 2. The molecule has 1 aromatic rings.